The van der Waals surface area contributed by atoms with Gasteiger partial charge in [0.2, 0.25) is 11.8 Å². The van der Waals surface area contributed by atoms with Gasteiger partial charge in [0.1, 0.15) is 5.82 Å². The number of halogens is 2. The molecular weight excluding hydrogens is 333 g/mol. The van der Waals surface area contributed by atoms with E-state index in [1.807, 2.05) is 11.8 Å². The minimum absolute atomic E-state index is 0.0207. The maximum absolute atomic E-state index is 13.2. The number of nitrogens with one attached hydrogen (secondary N) is 1. The van der Waals surface area contributed by atoms with Crippen LogP contribution in [0.1, 0.15) is 19.8 Å². The van der Waals surface area contributed by atoms with Crippen LogP contribution in [0.4, 0.5) is 10.1 Å². The SMILES string of the molecule is CC(C(=O)Nc1ccc(F)c(Cl)c1)N1CCN(C(=O)C2CC2)CC1. The predicted octanol–water partition coefficient (Wildman–Crippen LogP) is 2.36. The van der Waals surface area contributed by atoms with Crippen molar-refractivity contribution in [3.05, 3.63) is 29.0 Å². The summed E-state index contributed by atoms with van der Waals surface area (Å²) in [7, 11) is 0. The van der Waals surface area contributed by atoms with E-state index in [2.05, 4.69) is 10.2 Å². The Labute approximate surface area is 145 Å². The van der Waals surface area contributed by atoms with Crippen LogP contribution in [0.3, 0.4) is 0 Å². The lowest BCUT2D eigenvalue weighted by Gasteiger charge is -2.37. The lowest BCUT2D eigenvalue weighted by atomic mass is 10.2. The molecule has 0 aromatic heterocycles. The largest absolute Gasteiger partial charge is 0.340 e. The fourth-order valence-electron chi connectivity index (χ4n) is 2.90. The first-order valence-electron chi connectivity index (χ1n) is 8.24. The summed E-state index contributed by atoms with van der Waals surface area (Å²) in [4.78, 5) is 28.4. The summed E-state index contributed by atoms with van der Waals surface area (Å²) < 4.78 is 13.2. The molecule has 2 aliphatic rings. The molecular formula is C17H21ClFN3O2. The molecule has 1 heterocycles. The van der Waals surface area contributed by atoms with Crippen molar-refractivity contribution in [1.82, 2.24) is 9.80 Å². The fraction of sp³-hybridized carbons (Fsp3) is 0.529. The number of piperazine rings is 1. The van der Waals surface area contributed by atoms with Crippen LogP contribution in [-0.2, 0) is 9.59 Å². The summed E-state index contributed by atoms with van der Waals surface area (Å²) in [5, 5.41) is 2.74. The van der Waals surface area contributed by atoms with E-state index >= 15 is 0 Å². The summed E-state index contributed by atoms with van der Waals surface area (Å²) in [5.74, 6) is -0.188. The third kappa shape index (κ3) is 3.87. The minimum atomic E-state index is -0.515. The Morgan fingerprint density at radius 3 is 2.50 bits per heavy atom. The van der Waals surface area contributed by atoms with Crippen molar-refractivity contribution in [2.24, 2.45) is 5.92 Å². The number of benzene rings is 1. The summed E-state index contributed by atoms with van der Waals surface area (Å²) in [6.07, 6.45) is 2.02. The number of nitrogens with zero attached hydrogens (tertiary/aromatic N) is 2. The molecule has 2 amide bonds. The first-order chi connectivity index (χ1) is 11.5. The molecule has 5 nitrogen and oxygen atoms in total. The zero-order chi connectivity index (χ0) is 17.3. The van der Waals surface area contributed by atoms with Crippen molar-refractivity contribution in [1.29, 1.82) is 0 Å². The molecule has 1 aliphatic heterocycles. The average Bonchev–Trinajstić information content (AvgIpc) is 3.42. The van der Waals surface area contributed by atoms with Gasteiger partial charge in [-0.15, -0.1) is 0 Å². The molecule has 7 heteroatoms. The van der Waals surface area contributed by atoms with Crippen molar-refractivity contribution in [3.8, 4) is 0 Å². The normalized spacial score (nSPS) is 19.9. The number of rotatable bonds is 4. The minimum Gasteiger partial charge on any atom is -0.340 e. The topological polar surface area (TPSA) is 52.7 Å². The van der Waals surface area contributed by atoms with Crippen LogP contribution in [0.25, 0.3) is 0 Å². The quantitative estimate of drug-likeness (QED) is 0.904. The molecule has 3 rings (SSSR count). The van der Waals surface area contributed by atoms with Crippen molar-refractivity contribution in [2.75, 3.05) is 31.5 Å². The molecule has 1 saturated carbocycles. The van der Waals surface area contributed by atoms with Gasteiger partial charge in [-0.05, 0) is 38.0 Å². The van der Waals surface area contributed by atoms with Gasteiger partial charge in [-0.1, -0.05) is 11.6 Å². The Bertz CT molecular complexity index is 643. The smallest absolute Gasteiger partial charge is 0.241 e. The van der Waals surface area contributed by atoms with Gasteiger partial charge >= 0.3 is 0 Å². The van der Waals surface area contributed by atoms with E-state index in [1.54, 1.807) is 0 Å². The Hall–Kier alpha value is -1.66. The molecule has 1 N–H and O–H groups in total. The fourth-order valence-corrected chi connectivity index (χ4v) is 3.09. The Balaban J connectivity index is 1.52. The standard InChI is InChI=1S/C17H21ClFN3O2/c1-11(16(23)20-13-4-5-15(19)14(18)10-13)21-6-8-22(9-7-21)17(24)12-2-3-12/h4-5,10-12H,2-3,6-9H2,1H3,(H,20,23). The van der Waals surface area contributed by atoms with Crippen LogP contribution in [0.5, 0.6) is 0 Å². The van der Waals surface area contributed by atoms with Crippen LogP contribution >= 0.6 is 11.6 Å². The maximum atomic E-state index is 13.2. The number of hydrogen-bond acceptors (Lipinski definition) is 3. The Morgan fingerprint density at radius 2 is 1.92 bits per heavy atom. The van der Waals surface area contributed by atoms with E-state index < -0.39 is 5.82 Å². The van der Waals surface area contributed by atoms with Gasteiger partial charge < -0.3 is 10.2 Å². The monoisotopic (exact) mass is 353 g/mol. The van der Waals surface area contributed by atoms with Crippen molar-refractivity contribution < 1.29 is 14.0 Å². The molecule has 1 aromatic carbocycles. The van der Waals surface area contributed by atoms with Gasteiger partial charge in [-0.3, -0.25) is 14.5 Å². The van der Waals surface area contributed by atoms with E-state index in [0.29, 0.717) is 31.9 Å². The second-order valence-electron chi connectivity index (χ2n) is 6.43. The van der Waals surface area contributed by atoms with Crippen molar-refractivity contribution in [3.63, 3.8) is 0 Å². The van der Waals surface area contributed by atoms with Gasteiger partial charge in [0, 0.05) is 37.8 Å². The average molecular weight is 354 g/mol. The van der Waals surface area contributed by atoms with Crippen molar-refractivity contribution >= 4 is 29.1 Å². The second kappa shape index (κ2) is 7.07. The Morgan fingerprint density at radius 1 is 1.25 bits per heavy atom. The lowest BCUT2D eigenvalue weighted by Crippen LogP contribution is -2.54. The molecule has 1 saturated heterocycles. The van der Waals surface area contributed by atoms with Gasteiger partial charge in [-0.25, -0.2) is 4.39 Å². The molecule has 1 atom stereocenters. The van der Waals surface area contributed by atoms with E-state index in [1.165, 1.54) is 18.2 Å². The zero-order valence-electron chi connectivity index (χ0n) is 13.6. The molecule has 0 bridgehead atoms. The van der Waals surface area contributed by atoms with Gasteiger partial charge in [0.05, 0.1) is 11.1 Å². The summed E-state index contributed by atoms with van der Waals surface area (Å²) >= 11 is 5.73. The van der Waals surface area contributed by atoms with Crippen molar-refractivity contribution in [2.45, 2.75) is 25.8 Å². The highest BCUT2D eigenvalue weighted by atomic mass is 35.5. The molecule has 1 aliphatic carbocycles. The number of hydrogen-bond donors (Lipinski definition) is 1. The molecule has 130 valence electrons. The van der Waals surface area contributed by atoms with Gasteiger partial charge in [-0.2, -0.15) is 0 Å². The van der Waals surface area contributed by atoms with Crippen LogP contribution in [0, 0.1) is 11.7 Å². The van der Waals surface area contributed by atoms with Gasteiger partial charge in [0.15, 0.2) is 0 Å². The van der Waals surface area contributed by atoms with Crippen LogP contribution in [0.2, 0.25) is 5.02 Å². The number of carbonyl (C=O) groups excluding carboxylic acids is 2. The molecule has 2 fully saturated rings. The maximum Gasteiger partial charge on any atom is 0.241 e. The number of amides is 2. The molecule has 24 heavy (non-hydrogen) atoms. The Kier molecular flexibility index (Phi) is 5.06. The lowest BCUT2D eigenvalue weighted by molar-refractivity contribution is -0.135. The van der Waals surface area contributed by atoms with E-state index in [0.717, 1.165) is 12.8 Å². The van der Waals surface area contributed by atoms with Crippen LogP contribution in [0.15, 0.2) is 18.2 Å². The third-order valence-corrected chi connectivity index (χ3v) is 4.96. The molecule has 1 unspecified atom stereocenters. The molecule has 1 aromatic rings. The van der Waals surface area contributed by atoms with E-state index in [4.69, 9.17) is 11.6 Å². The number of carbonyl (C=O) groups is 2. The zero-order valence-corrected chi connectivity index (χ0v) is 14.4. The second-order valence-corrected chi connectivity index (χ2v) is 6.84. The molecule has 0 spiro atoms. The first-order valence-corrected chi connectivity index (χ1v) is 8.62. The summed E-state index contributed by atoms with van der Waals surface area (Å²) in [5.41, 5.74) is 0.473. The third-order valence-electron chi connectivity index (χ3n) is 4.67. The number of anilines is 1. The van der Waals surface area contributed by atoms with Crippen LogP contribution in [-0.4, -0.2) is 53.8 Å². The highest BCUT2D eigenvalue weighted by Crippen LogP contribution is 2.31. The van der Waals surface area contributed by atoms with Crippen LogP contribution < -0.4 is 5.32 Å². The first kappa shape index (κ1) is 17.2. The summed E-state index contributed by atoms with van der Waals surface area (Å²) in [6.45, 7) is 4.51. The predicted molar refractivity (Wildman–Crippen MR) is 90.4 cm³/mol. The highest BCUT2D eigenvalue weighted by molar-refractivity contribution is 6.31. The van der Waals surface area contributed by atoms with E-state index in [-0.39, 0.29) is 28.8 Å². The van der Waals surface area contributed by atoms with E-state index in [9.17, 15) is 14.0 Å². The van der Waals surface area contributed by atoms with Gasteiger partial charge in [0.25, 0.3) is 0 Å². The molecule has 0 radical (unpaired) electrons. The summed E-state index contributed by atoms with van der Waals surface area (Å²) in [6, 6.07) is 3.78. The highest BCUT2D eigenvalue weighted by Gasteiger charge is 2.35.